The Bertz CT molecular complexity index is 1650. The Hall–Kier alpha value is -4.35. The molecule has 0 spiro atoms. The van der Waals surface area contributed by atoms with Gasteiger partial charge in [-0.3, -0.25) is 0 Å². The smallest absolute Gasteiger partial charge is 0.320 e. The van der Waals surface area contributed by atoms with Gasteiger partial charge < -0.3 is 24.7 Å². The zero-order chi connectivity index (χ0) is 28.8. The highest BCUT2D eigenvalue weighted by atomic mass is 32.1. The van der Waals surface area contributed by atoms with E-state index in [1.54, 1.807) is 44.6 Å². The Labute approximate surface area is 238 Å². The van der Waals surface area contributed by atoms with Crippen LogP contribution in [-0.4, -0.2) is 93.1 Å². The Morgan fingerprint density at radius 2 is 1.85 bits per heavy atom. The van der Waals surface area contributed by atoms with Crippen molar-refractivity contribution in [2.45, 2.75) is 19.6 Å². The molecule has 212 valence electrons. The van der Waals surface area contributed by atoms with E-state index in [-0.39, 0.29) is 17.5 Å². The molecule has 2 amide bonds. The Balaban J connectivity index is 1.30. The Morgan fingerprint density at radius 1 is 1.15 bits per heavy atom. The Kier molecular flexibility index (Phi) is 6.92. The van der Waals surface area contributed by atoms with Crippen LogP contribution in [0.4, 0.5) is 30.2 Å². The number of fused-ring (bicyclic) bond motifs is 1. The minimum Gasteiger partial charge on any atom is -0.389 e. The number of aliphatic hydroxyl groups excluding tert-OH is 1. The van der Waals surface area contributed by atoms with E-state index < -0.39 is 12.1 Å². The summed E-state index contributed by atoms with van der Waals surface area (Å²) in [5.74, 6) is -0.374. The number of thiazole rings is 1. The van der Waals surface area contributed by atoms with E-state index >= 15 is 4.39 Å². The summed E-state index contributed by atoms with van der Waals surface area (Å²) in [6.07, 6.45) is -0.464. The molecule has 2 aliphatic heterocycles. The minimum atomic E-state index is -0.641. The van der Waals surface area contributed by atoms with Crippen molar-refractivity contribution in [1.29, 1.82) is 5.26 Å². The molecule has 2 aliphatic rings. The first-order valence-electron chi connectivity index (χ1n) is 13.2. The number of hydrogen-bond donors (Lipinski definition) is 1. The number of likely N-dealkylation sites (tertiary alicyclic amines) is 1. The summed E-state index contributed by atoms with van der Waals surface area (Å²) in [5, 5.41) is 24.9. The van der Waals surface area contributed by atoms with Crippen molar-refractivity contribution < 1.29 is 18.7 Å². The first-order chi connectivity index (χ1) is 19.8. The molecular formula is C27H27F2N9O2S. The summed E-state index contributed by atoms with van der Waals surface area (Å²) in [5.41, 5.74) is 1.65. The van der Waals surface area contributed by atoms with Crippen LogP contribution in [0.5, 0.6) is 0 Å². The molecule has 0 radical (unpaired) electrons. The molecule has 5 heterocycles. The van der Waals surface area contributed by atoms with Gasteiger partial charge in [0.05, 0.1) is 30.3 Å². The van der Waals surface area contributed by atoms with Gasteiger partial charge in [0.25, 0.3) is 0 Å². The third kappa shape index (κ3) is 4.81. The van der Waals surface area contributed by atoms with Crippen LogP contribution in [0, 0.1) is 23.1 Å². The third-order valence-corrected chi connectivity index (χ3v) is 8.44. The molecule has 0 saturated carbocycles. The predicted octanol–water partition coefficient (Wildman–Crippen LogP) is 3.41. The summed E-state index contributed by atoms with van der Waals surface area (Å²) in [7, 11) is 1.80. The van der Waals surface area contributed by atoms with E-state index in [1.165, 1.54) is 23.5 Å². The van der Waals surface area contributed by atoms with Crippen LogP contribution in [-0.2, 0) is 6.54 Å². The van der Waals surface area contributed by atoms with Crippen molar-refractivity contribution in [2.24, 2.45) is 0 Å². The summed E-state index contributed by atoms with van der Waals surface area (Å²) in [4.78, 5) is 28.9. The second-order valence-electron chi connectivity index (χ2n) is 9.98. The number of anilines is 3. The number of benzene rings is 1. The zero-order valence-corrected chi connectivity index (χ0v) is 23.3. The predicted molar refractivity (Wildman–Crippen MR) is 150 cm³/mol. The fraction of sp³-hybridized carbons (Fsp3) is 0.370. The number of halogens is 2. The molecule has 6 rings (SSSR count). The highest BCUT2D eigenvalue weighted by molar-refractivity contribution is 7.16. The summed E-state index contributed by atoms with van der Waals surface area (Å²) < 4.78 is 30.5. The molecule has 2 saturated heterocycles. The normalized spacial score (nSPS) is 15.8. The quantitative estimate of drug-likeness (QED) is 0.358. The van der Waals surface area contributed by atoms with Gasteiger partial charge in [-0.1, -0.05) is 11.3 Å². The number of nitrogens with zero attached hydrogens (tertiary/aromatic N) is 9. The second-order valence-corrected chi connectivity index (χ2v) is 11.0. The molecule has 14 heteroatoms. The lowest BCUT2D eigenvalue weighted by Gasteiger charge is -2.42. The molecule has 3 aromatic heterocycles. The van der Waals surface area contributed by atoms with E-state index in [1.807, 2.05) is 11.8 Å². The second kappa shape index (κ2) is 10.6. The number of aryl methyl sites for hydroxylation is 1. The number of β-amino-alcohol motifs (C(OH)–C–C–N with tert-alkyl or cyclic N) is 1. The van der Waals surface area contributed by atoms with Crippen molar-refractivity contribution in [1.82, 2.24) is 29.5 Å². The molecular weight excluding hydrogens is 552 g/mol. The fourth-order valence-corrected chi connectivity index (χ4v) is 6.03. The molecule has 0 aliphatic carbocycles. The minimum absolute atomic E-state index is 0.114. The number of urea groups is 1. The van der Waals surface area contributed by atoms with Crippen LogP contribution in [0.3, 0.4) is 0 Å². The molecule has 41 heavy (non-hydrogen) atoms. The maximum absolute atomic E-state index is 15.3. The number of amides is 2. The summed E-state index contributed by atoms with van der Waals surface area (Å²) in [6, 6.07) is 9.61. The lowest BCUT2D eigenvalue weighted by atomic mass is 10.1. The van der Waals surface area contributed by atoms with Crippen LogP contribution < -0.4 is 9.80 Å². The first-order valence-corrected chi connectivity index (χ1v) is 14.0. The topological polar surface area (TPSA) is 118 Å². The third-order valence-electron chi connectivity index (χ3n) is 7.40. The lowest BCUT2D eigenvalue weighted by Crippen LogP contribution is -2.60. The summed E-state index contributed by atoms with van der Waals surface area (Å²) in [6.45, 7) is 4.79. The summed E-state index contributed by atoms with van der Waals surface area (Å²) >= 11 is 1.20. The van der Waals surface area contributed by atoms with Crippen molar-refractivity contribution in [3.8, 4) is 17.3 Å². The largest absolute Gasteiger partial charge is 0.389 e. The van der Waals surface area contributed by atoms with Gasteiger partial charge in [0, 0.05) is 45.3 Å². The van der Waals surface area contributed by atoms with Gasteiger partial charge in [-0.25, -0.2) is 18.9 Å². The van der Waals surface area contributed by atoms with Gasteiger partial charge in [-0.15, -0.1) is 0 Å². The highest BCUT2D eigenvalue weighted by Gasteiger charge is 2.34. The maximum Gasteiger partial charge on any atom is 0.320 e. The van der Waals surface area contributed by atoms with Gasteiger partial charge in [-0.05, 0) is 37.3 Å². The van der Waals surface area contributed by atoms with Crippen molar-refractivity contribution >= 4 is 45.0 Å². The maximum atomic E-state index is 15.3. The lowest BCUT2D eigenvalue weighted by molar-refractivity contribution is 0.0145. The molecule has 0 atom stereocenters. The van der Waals surface area contributed by atoms with Gasteiger partial charge in [-0.2, -0.15) is 19.7 Å². The standard InChI is InChI=1S/C27H27F2N9O2S/c1-3-38-25(34(2)26-31-22(21(13-30)41-26)16-4-6-17(28)7-5-16)19-12-20(23(29)32-24(19)33-38)35-8-10-36(11-9-35)27(40)37-14-18(39)15-37/h4-7,12,18,39H,3,8-11,14-15H2,1-2H3. The number of hydrogen-bond acceptors (Lipinski definition) is 9. The van der Waals surface area contributed by atoms with Crippen LogP contribution in [0.25, 0.3) is 22.3 Å². The van der Waals surface area contributed by atoms with Crippen molar-refractivity contribution in [3.63, 3.8) is 0 Å². The zero-order valence-electron chi connectivity index (χ0n) is 22.5. The molecule has 0 unspecified atom stereocenters. The van der Waals surface area contributed by atoms with E-state index in [4.69, 9.17) is 4.98 Å². The molecule has 1 aromatic carbocycles. The average molecular weight is 580 g/mol. The van der Waals surface area contributed by atoms with E-state index in [9.17, 15) is 19.6 Å². The van der Waals surface area contributed by atoms with Crippen LogP contribution in [0.1, 0.15) is 11.8 Å². The molecule has 4 aromatic rings. The van der Waals surface area contributed by atoms with E-state index in [0.29, 0.717) is 84.0 Å². The molecule has 1 N–H and O–H groups in total. The van der Waals surface area contributed by atoms with Crippen LogP contribution in [0.2, 0.25) is 0 Å². The number of carbonyl (C=O) groups excluding carboxylic acids is 1. The van der Waals surface area contributed by atoms with Crippen molar-refractivity contribution in [3.05, 3.63) is 47.0 Å². The molecule has 2 fully saturated rings. The van der Waals surface area contributed by atoms with Crippen molar-refractivity contribution in [2.75, 3.05) is 56.1 Å². The van der Waals surface area contributed by atoms with Gasteiger partial charge >= 0.3 is 6.03 Å². The molecule has 0 bridgehead atoms. The van der Waals surface area contributed by atoms with E-state index in [2.05, 4.69) is 16.2 Å². The van der Waals surface area contributed by atoms with E-state index in [0.717, 1.165) is 0 Å². The number of aromatic nitrogens is 4. The molecule has 11 nitrogen and oxygen atoms in total. The van der Waals surface area contributed by atoms with Gasteiger partial charge in [0.2, 0.25) is 5.95 Å². The van der Waals surface area contributed by atoms with Crippen LogP contribution in [0.15, 0.2) is 30.3 Å². The number of piperazine rings is 1. The van der Waals surface area contributed by atoms with Crippen LogP contribution >= 0.6 is 11.3 Å². The highest BCUT2D eigenvalue weighted by Crippen LogP contribution is 2.38. The average Bonchev–Trinajstić information content (AvgIpc) is 3.56. The monoisotopic (exact) mass is 579 g/mol. The Morgan fingerprint density at radius 3 is 2.49 bits per heavy atom. The number of carbonyl (C=O) groups is 1. The number of nitriles is 1. The fourth-order valence-electron chi connectivity index (χ4n) is 5.18. The number of pyridine rings is 1. The SMILES string of the molecule is CCn1nc2nc(F)c(N3CCN(C(=O)N4CC(O)C4)CC3)cc2c1N(C)c1nc(-c2ccc(F)cc2)c(C#N)s1. The van der Waals surface area contributed by atoms with Gasteiger partial charge in [0.15, 0.2) is 10.8 Å². The number of aliphatic hydroxyl groups is 1. The van der Waals surface area contributed by atoms with Gasteiger partial charge in [0.1, 0.15) is 28.3 Å². The first kappa shape index (κ1) is 26.9. The number of rotatable bonds is 5.